The quantitative estimate of drug-likeness (QED) is 0.794. The fraction of sp³-hybridized carbons (Fsp3) is 0.950. The molecule has 0 aromatic carbocycles. The summed E-state index contributed by atoms with van der Waals surface area (Å²) in [6.07, 6.45) is 9.87. The minimum Gasteiger partial charge on any atom is -0.353 e. The lowest BCUT2D eigenvalue weighted by molar-refractivity contribution is -0.193. The molecule has 3 saturated heterocycles. The molecule has 0 radical (unpaired) electrons. The summed E-state index contributed by atoms with van der Waals surface area (Å²) < 4.78 is 6.41. The van der Waals surface area contributed by atoms with Crippen LogP contribution >= 0.6 is 0 Å². The van der Waals surface area contributed by atoms with Gasteiger partial charge in [0.25, 0.3) is 0 Å². The molecule has 0 aromatic heterocycles. The van der Waals surface area contributed by atoms with E-state index in [-0.39, 0.29) is 11.8 Å². The van der Waals surface area contributed by atoms with Crippen LogP contribution in [0.4, 0.5) is 0 Å². The number of carbonyl (C=O) groups excluding carboxylic acids is 1. The van der Waals surface area contributed by atoms with E-state index in [1.807, 2.05) is 0 Å². The van der Waals surface area contributed by atoms with Gasteiger partial charge in [0, 0.05) is 38.4 Å². The van der Waals surface area contributed by atoms with Crippen molar-refractivity contribution in [2.45, 2.75) is 77.0 Å². The lowest BCUT2D eigenvalue weighted by Gasteiger charge is -2.53. The maximum atomic E-state index is 12.7. The van der Waals surface area contributed by atoms with E-state index in [1.165, 1.54) is 38.6 Å². The average molecular weight is 335 g/mol. The molecule has 4 nitrogen and oxygen atoms in total. The zero-order chi connectivity index (χ0) is 16.7. The van der Waals surface area contributed by atoms with Crippen LogP contribution in [0.3, 0.4) is 0 Å². The van der Waals surface area contributed by atoms with E-state index in [9.17, 15) is 4.79 Å². The highest BCUT2D eigenvalue weighted by molar-refractivity contribution is 5.78. The third-order valence-corrected chi connectivity index (χ3v) is 7.13. The van der Waals surface area contributed by atoms with Gasteiger partial charge >= 0.3 is 0 Å². The number of rotatable bonds is 3. The molecule has 1 spiro atoms. The molecule has 136 valence electrons. The molecule has 1 amide bonds. The molecule has 3 heterocycles. The maximum Gasteiger partial charge on any atom is 0.225 e. The number of likely N-dealkylation sites (tertiary alicyclic amines) is 1. The van der Waals surface area contributed by atoms with Crippen molar-refractivity contribution < 1.29 is 9.53 Å². The van der Waals surface area contributed by atoms with Gasteiger partial charge in [-0.1, -0.05) is 33.1 Å². The van der Waals surface area contributed by atoms with Gasteiger partial charge in [0.2, 0.25) is 5.91 Å². The second-order valence-electron chi connectivity index (χ2n) is 8.98. The molecular weight excluding hydrogens is 300 g/mol. The van der Waals surface area contributed by atoms with Crippen molar-refractivity contribution in [3.63, 3.8) is 0 Å². The second kappa shape index (κ2) is 6.60. The Labute approximate surface area is 146 Å². The van der Waals surface area contributed by atoms with Crippen molar-refractivity contribution in [3.8, 4) is 0 Å². The Morgan fingerprint density at radius 2 is 2.00 bits per heavy atom. The standard InChI is InChI=1S/C20H34N2O2/c1-15(2)18-14-24-20-10-11-21(12-16-6-4-3-5-7-16)13-17(20)8-9-19(23)22(18)20/h15-18H,3-14H2,1-2H3/t17-,18-,20-/m1/s1. The SMILES string of the molecule is CC(C)[C@H]1CO[C@]23CCN(CC4CCCCC4)C[C@H]2CCC(=O)N13. The van der Waals surface area contributed by atoms with Crippen LogP contribution in [-0.4, -0.2) is 53.7 Å². The highest BCUT2D eigenvalue weighted by Crippen LogP contribution is 2.47. The Balaban J connectivity index is 1.46. The number of nitrogens with zero attached hydrogens (tertiary/aromatic N) is 2. The first-order valence-corrected chi connectivity index (χ1v) is 10.3. The average Bonchev–Trinajstić information content (AvgIpc) is 2.98. The molecule has 0 aromatic rings. The first kappa shape index (κ1) is 16.8. The largest absolute Gasteiger partial charge is 0.353 e. The van der Waals surface area contributed by atoms with E-state index in [2.05, 4.69) is 23.6 Å². The van der Waals surface area contributed by atoms with Crippen LogP contribution < -0.4 is 0 Å². The van der Waals surface area contributed by atoms with E-state index in [0.29, 0.717) is 17.7 Å². The van der Waals surface area contributed by atoms with Gasteiger partial charge < -0.3 is 14.5 Å². The summed E-state index contributed by atoms with van der Waals surface area (Å²) in [5, 5.41) is 0. The molecule has 24 heavy (non-hydrogen) atoms. The molecule has 3 aliphatic heterocycles. The second-order valence-corrected chi connectivity index (χ2v) is 8.98. The van der Waals surface area contributed by atoms with E-state index >= 15 is 0 Å². The Morgan fingerprint density at radius 3 is 2.75 bits per heavy atom. The van der Waals surface area contributed by atoms with Gasteiger partial charge in [-0.3, -0.25) is 4.79 Å². The summed E-state index contributed by atoms with van der Waals surface area (Å²) in [6, 6.07) is 0.283. The van der Waals surface area contributed by atoms with E-state index in [1.54, 1.807) is 0 Å². The molecular formula is C20H34N2O2. The molecule has 4 fully saturated rings. The number of piperidine rings is 2. The Morgan fingerprint density at radius 1 is 1.21 bits per heavy atom. The minimum absolute atomic E-state index is 0.271. The molecule has 1 aliphatic carbocycles. The molecule has 0 bridgehead atoms. The predicted octanol–water partition coefficient (Wildman–Crippen LogP) is 3.26. The summed E-state index contributed by atoms with van der Waals surface area (Å²) in [6.45, 7) is 8.69. The van der Waals surface area contributed by atoms with Crippen LogP contribution in [0.2, 0.25) is 0 Å². The van der Waals surface area contributed by atoms with Crippen molar-refractivity contribution >= 4 is 5.91 Å². The van der Waals surface area contributed by atoms with Crippen molar-refractivity contribution in [2.24, 2.45) is 17.8 Å². The number of hydrogen-bond donors (Lipinski definition) is 0. The van der Waals surface area contributed by atoms with Crippen LogP contribution in [0.25, 0.3) is 0 Å². The van der Waals surface area contributed by atoms with Gasteiger partial charge in [0.15, 0.2) is 0 Å². The highest BCUT2D eigenvalue weighted by Gasteiger charge is 2.58. The predicted molar refractivity (Wildman–Crippen MR) is 94.5 cm³/mol. The number of carbonyl (C=O) groups is 1. The van der Waals surface area contributed by atoms with Gasteiger partial charge in [-0.25, -0.2) is 0 Å². The number of amides is 1. The molecule has 4 aliphatic rings. The van der Waals surface area contributed by atoms with Crippen molar-refractivity contribution in [2.75, 3.05) is 26.2 Å². The van der Waals surface area contributed by atoms with Gasteiger partial charge in [-0.15, -0.1) is 0 Å². The lowest BCUT2D eigenvalue weighted by Crippen LogP contribution is -2.65. The van der Waals surface area contributed by atoms with Crippen LogP contribution in [0, 0.1) is 17.8 Å². The van der Waals surface area contributed by atoms with Crippen molar-refractivity contribution in [3.05, 3.63) is 0 Å². The molecule has 0 unspecified atom stereocenters. The summed E-state index contributed by atoms with van der Waals surface area (Å²) in [5.74, 6) is 2.23. The first-order valence-electron chi connectivity index (χ1n) is 10.3. The van der Waals surface area contributed by atoms with Gasteiger partial charge in [0.1, 0.15) is 5.72 Å². The van der Waals surface area contributed by atoms with Crippen LogP contribution in [0.1, 0.15) is 65.2 Å². The van der Waals surface area contributed by atoms with Crippen LogP contribution in [0.15, 0.2) is 0 Å². The van der Waals surface area contributed by atoms with Crippen LogP contribution in [-0.2, 0) is 9.53 Å². The lowest BCUT2D eigenvalue weighted by atomic mass is 9.78. The zero-order valence-corrected chi connectivity index (χ0v) is 15.5. The van der Waals surface area contributed by atoms with Crippen LogP contribution in [0.5, 0.6) is 0 Å². The van der Waals surface area contributed by atoms with E-state index in [4.69, 9.17) is 4.74 Å². The molecule has 0 N–H and O–H groups in total. The van der Waals surface area contributed by atoms with Gasteiger partial charge in [-0.05, 0) is 31.1 Å². The Bertz CT molecular complexity index is 474. The number of ether oxygens (including phenoxy) is 1. The molecule has 3 atom stereocenters. The summed E-state index contributed by atoms with van der Waals surface area (Å²) in [7, 11) is 0. The van der Waals surface area contributed by atoms with Gasteiger partial charge in [0.05, 0.1) is 12.6 Å². The van der Waals surface area contributed by atoms with E-state index in [0.717, 1.165) is 44.9 Å². The topological polar surface area (TPSA) is 32.8 Å². The maximum absolute atomic E-state index is 12.7. The van der Waals surface area contributed by atoms with Gasteiger partial charge in [-0.2, -0.15) is 0 Å². The summed E-state index contributed by atoms with van der Waals surface area (Å²) in [4.78, 5) is 17.5. The zero-order valence-electron chi connectivity index (χ0n) is 15.5. The number of hydrogen-bond acceptors (Lipinski definition) is 3. The monoisotopic (exact) mass is 334 g/mol. The Hall–Kier alpha value is -0.610. The fourth-order valence-corrected chi connectivity index (χ4v) is 5.75. The van der Waals surface area contributed by atoms with Crippen molar-refractivity contribution in [1.29, 1.82) is 0 Å². The Kier molecular flexibility index (Phi) is 4.63. The van der Waals surface area contributed by atoms with Crippen molar-refractivity contribution in [1.82, 2.24) is 9.80 Å². The van der Waals surface area contributed by atoms with E-state index < -0.39 is 0 Å². The smallest absolute Gasteiger partial charge is 0.225 e. The first-order chi connectivity index (χ1) is 11.6. The minimum atomic E-state index is -0.271. The normalized spacial score (nSPS) is 38.5. The molecule has 4 heteroatoms. The fourth-order valence-electron chi connectivity index (χ4n) is 5.75. The highest BCUT2D eigenvalue weighted by atomic mass is 16.5. The summed E-state index contributed by atoms with van der Waals surface area (Å²) in [5.41, 5.74) is -0.271. The summed E-state index contributed by atoms with van der Waals surface area (Å²) >= 11 is 0. The molecule has 1 saturated carbocycles. The molecule has 4 rings (SSSR count). The third kappa shape index (κ3) is 2.80. The third-order valence-electron chi connectivity index (χ3n) is 7.13.